The minimum Gasteiger partial charge on any atom is -0.242 e. The Morgan fingerprint density at radius 2 is 2.30 bits per heavy atom. The molecule has 0 unspecified atom stereocenters. The third kappa shape index (κ3) is 1.67. The number of pyridine rings is 1. The van der Waals surface area contributed by atoms with Gasteiger partial charge in [-0.3, -0.25) is 0 Å². The van der Waals surface area contributed by atoms with Gasteiger partial charge < -0.3 is 0 Å². The van der Waals surface area contributed by atoms with E-state index in [2.05, 4.69) is 20.9 Å². The average molecular weight is 224 g/mol. The first-order chi connectivity index (χ1) is 4.74. The summed E-state index contributed by atoms with van der Waals surface area (Å²) in [6.07, 6.45) is 0. The summed E-state index contributed by atoms with van der Waals surface area (Å²) >= 11 is 8.48. The molecule has 0 saturated carbocycles. The van der Waals surface area contributed by atoms with Gasteiger partial charge in [-0.15, -0.1) is 11.6 Å². The lowest BCUT2D eigenvalue weighted by Crippen LogP contribution is -1.90. The SMILES string of the molecule is Fc1ccc(Br)nc1CCl. The van der Waals surface area contributed by atoms with E-state index < -0.39 is 0 Å². The molecule has 4 heteroatoms. The zero-order chi connectivity index (χ0) is 7.56. The summed E-state index contributed by atoms with van der Waals surface area (Å²) in [5.74, 6) is -0.260. The van der Waals surface area contributed by atoms with Crippen molar-refractivity contribution in [3.8, 4) is 0 Å². The van der Waals surface area contributed by atoms with Gasteiger partial charge in [0.2, 0.25) is 0 Å². The van der Waals surface area contributed by atoms with Gasteiger partial charge in [0.15, 0.2) is 0 Å². The zero-order valence-corrected chi connectivity index (χ0v) is 7.28. The lowest BCUT2D eigenvalue weighted by Gasteiger charge is -1.95. The summed E-state index contributed by atoms with van der Waals surface area (Å²) in [5, 5.41) is 0. The fourth-order valence-electron chi connectivity index (χ4n) is 0.551. The smallest absolute Gasteiger partial charge is 0.146 e. The summed E-state index contributed by atoms with van der Waals surface area (Å²) in [4.78, 5) is 3.80. The molecule has 0 aromatic carbocycles. The van der Waals surface area contributed by atoms with Crippen LogP contribution in [-0.2, 0) is 5.88 Å². The third-order valence-corrected chi connectivity index (χ3v) is 1.71. The number of aromatic nitrogens is 1. The van der Waals surface area contributed by atoms with Gasteiger partial charge in [-0.2, -0.15) is 0 Å². The van der Waals surface area contributed by atoms with Gasteiger partial charge in [-0.25, -0.2) is 9.37 Å². The van der Waals surface area contributed by atoms with Crippen molar-refractivity contribution in [3.05, 3.63) is 28.2 Å². The number of halogens is 3. The van der Waals surface area contributed by atoms with Crippen LogP contribution in [0.25, 0.3) is 0 Å². The predicted octanol–water partition coefficient (Wildman–Crippen LogP) is 2.72. The van der Waals surface area contributed by atoms with Crippen molar-refractivity contribution in [1.29, 1.82) is 0 Å². The third-order valence-electron chi connectivity index (χ3n) is 1.01. The molecule has 0 radical (unpaired) electrons. The molecule has 1 aromatic rings. The Kier molecular flexibility index (Phi) is 2.63. The van der Waals surface area contributed by atoms with Gasteiger partial charge in [0, 0.05) is 0 Å². The maximum Gasteiger partial charge on any atom is 0.146 e. The van der Waals surface area contributed by atoms with Gasteiger partial charge in [-0.05, 0) is 28.1 Å². The highest BCUT2D eigenvalue weighted by molar-refractivity contribution is 9.10. The molecule has 0 fully saturated rings. The average Bonchev–Trinajstić information content (AvgIpc) is 1.94. The molecule has 54 valence electrons. The Bertz CT molecular complexity index is 241. The largest absolute Gasteiger partial charge is 0.242 e. The molecule has 0 N–H and O–H groups in total. The maximum absolute atomic E-state index is 12.6. The van der Waals surface area contributed by atoms with Gasteiger partial charge >= 0.3 is 0 Å². The van der Waals surface area contributed by atoms with E-state index in [1.54, 1.807) is 0 Å². The second-order valence-electron chi connectivity index (χ2n) is 1.70. The van der Waals surface area contributed by atoms with E-state index >= 15 is 0 Å². The van der Waals surface area contributed by atoms with Crippen LogP contribution >= 0.6 is 27.5 Å². The Balaban J connectivity index is 3.09. The molecule has 0 aliphatic heterocycles. The lowest BCUT2D eigenvalue weighted by atomic mass is 10.4. The van der Waals surface area contributed by atoms with Gasteiger partial charge in [-0.1, -0.05) is 0 Å². The van der Waals surface area contributed by atoms with Gasteiger partial charge in [0.25, 0.3) is 0 Å². The number of hydrogen-bond donors (Lipinski definition) is 0. The topological polar surface area (TPSA) is 12.9 Å². The molecular weight excluding hydrogens is 220 g/mol. The molecule has 0 saturated heterocycles. The van der Waals surface area contributed by atoms with Crippen molar-refractivity contribution in [2.45, 2.75) is 5.88 Å². The predicted molar refractivity (Wildman–Crippen MR) is 41.5 cm³/mol. The fourth-order valence-corrected chi connectivity index (χ4v) is 1.09. The van der Waals surface area contributed by atoms with Crippen LogP contribution in [-0.4, -0.2) is 4.98 Å². The summed E-state index contributed by atoms with van der Waals surface area (Å²) in [6, 6.07) is 2.86. The second kappa shape index (κ2) is 3.30. The first-order valence-corrected chi connectivity index (χ1v) is 3.93. The summed E-state index contributed by atoms with van der Waals surface area (Å²) < 4.78 is 13.2. The highest BCUT2D eigenvalue weighted by atomic mass is 79.9. The van der Waals surface area contributed by atoms with Crippen LogP contribution in [0.3, 0.4) is 0 Å². The number of hydrogen-bond acceptors (Lipinski definition) is 1. The molecule has 0 aliphatic carbocycles. The number of rotatable bonds is 1. The standard InChI is InChI=1S/C6H4BrClFN/c7-6-2-1-4(9)5(3-8)10-6/h1-2H,3H2. The van der Waals surface area contributed by atoms with Crippen LogP contribution in [0.4, 0.5) is 4.39 Å². The molecule has 10 heavy (non-hydrogen) atoms. The molecule has 0 aliphatic rings. The van der Waals surface area contributed by atoms with Crippen LogP contribution < -0.4 is 0 Å². The van der Waals surface area contributed by atoms with Crippen LogP contribution in [0.2, 0.25) is 0 Å². The monoisotopic (exact) mass is 223 g/mol. The van der Waals surface area contributed by atoms with E-state index in [-0.39, 0.29) is 17.4 Å². The van der Waals surface area contributed by atoms with Crippen LogP contribution in [0, 0.1) is 5.82 Å². The molecule has 1 nitrogen and oxygen atoms in total. The summed E-state index contributed by atoms with van der Waals surface area (Å²) in [6.45, 7) is 0. The normalized spacial score (nSPS) is 9.90. The molecule has 1 rings (SSSR count). The Labute approximate surface area is 71.4 Å². The first-order valence-electron chi connectivity index (χ1n) is 2.61. The highest BCUT2D eigenvalue weighted by Gasteiger charge is 2.01. The van der Waals surface area contributed by atoms with Crippen molar-refractivity contribution >= 4 is 27.5 Å². The van der Waals surface area contributed by atoms with Crippen molar-refractivity contribution in [2.24, 2.45) is 0 Å². The van der Waals surface area contributed by atoms with Crippen molar-refractivity contribution in [2.75, 3.05) is 0 Å². The molecule has 0 amide bonds. The van der Waals surface area contributed by atoms with E-state index in [4.69, 9.17) is 11.6 Å². The van der Waals surface area contributed by atoms with E-state index in [9.17, 15) is 4.39 Å². The number of alkyl halides is 1. The van der Waals surface area contributed by atoms with Crippen molar-refractivity contribution < 1.29 is 4.39 Å². The molecule has 1 aromatic heterocycles. The Morgan fingerprint density at radius 1 is 1.60 bits per heavy atom. The van der Waals surface area contributed by atoms with Crippen LogP contribution in [0.5, 0.6) is 0 Å². The highest BCUT2D eigenvalue weighted by Crippen LogP contribution is 2.11. The van der Waals surface area contributed by atoms with Crippen molar-refractivity contribution in [3.63, 3.8) is 0 Å². The molecule has 0 bridgehead atoms. The summed E-state index contributed by atoms with van der Waals surface area (Å²) in [5.41, 5.74) is 0.274. The minimum absolute atomic E-state index is 0.102. The fraction of sp³-hybridized carbons (Fsp3) is 0.167. The molecule has 0 atom stereocenters. The van der Waals surface area contributed by atoms with E-state index in [0.717, 1.165) is 0 Å². The van der Waals surface area contributed by atoms with Gasteiger partial charge in [0.1, 0.15) is 10.4 Å². The zero-order valence-electron chi connectivity index (χ0n) is 4.94. The first kappa shape index (κ1) is 7.95. The van der Waals surface area contributed by atoms with E-state index in [0.29, 0.717) is 4.60 Å². The van der Waals surface area contributed by atoms with Crippen molar-refractivity contribution in [1.82, 2.24) is 4.98 Å². The quantitative estimate of drug-likeness (QED) is 0.528. The van der Waals surface area contributed by atoms with Crippen LogP contribution in [0.15, 0.2) is 16.7 Å². The summed E-state index contributed by atoms with van der Waals surface area (Å²) in [7, 11) is 0. The Morgan fingerprint density at radius 3 is 2.80 bits per heavy atom. The minimum atomic E-state index is -0.363. The second-order valence-corrected chi connectivity index (χ2v) is 2.78. The lowest BCUT2D eigenvalue weighted by molar-refractivity contribution is 0.607. The molecule has 1 heterocycles. The number of nitrogens with zero attached hydrogens (tertiary/aromatic N) is 1. The Hall–Kier alpha value is -0.150. The maximum atomic E-state index is 12.6. The van der Waals surface area contributed by atoms with E-state index in [1.807, 2.05) is 0 Å². The van der Waals surface area contributed by atoms with E-state index in [1.165, 1.54) is 12.1 Å². The molecular formula is C6H4BrClFN. The van der Waals surface area contributed by atoms with Gasteiger partial charge in [0.05, 0.1) is 11.6 Å². The molecule has 0 spiro atoms. The van der Waals surface area contributed by atoms with Crippen LogP contribution in [0.1, 0.15) is 5.69 Å².